The number of nitrogens with zero attached hydrogens (tertiary/aromatic N) is 2. The van der Waals surface area contributed by atoms with Gasteiger partial charge in [-0.2, -0.15) is 0 Å². The van der Waals surface area contributed by atoms with Gasteiger partial charge >= 0.3 is 0 Å². The van der Waals surface area contributed by atoms with Crippen LogP contribution in [0.4, 0.5) is 5.69 Å². The van der Waals surface area contributed by atoms with Crippen molar-refractivity contribution >= 4 is 29.3 Å². The van der Waals surface area contributed by atoms with Crippen LogP contribution in [0.2, 0.25) is 0 Å². The molecule has 1 N–H and O–H groups in total. The van der Waals surface area contributed by atoms with Crippen molar-refractivity contribution in [1.29, 1.82) is 0 Å². The van der Waals surface area contributed by atoms with Crippen LogP contribution in [-0.2, 0) is 0 Å². The van der Waals surface area contributed by atoms with E-state index in [0.717, 1.165) is 16.8 Å². The standard InChI is InChI=1S/C30H31N3P/c1-23-20-24(2)30(25(3)21-23)31-32-33-34(28-16-10-6-11-17-28,29-18-12-7-13-19-29)22-26(4)27-14-8-5-9-15-27/h5-22H,1-4H3,(H,31,33)/q+1/b26-22+. The van der Waals surface area contributed by atoms with Crippen molar-refractivity contribution in [2.75, 3.05) is 5.43 Å². The summed E-state index contributed by atoms with van der Waals surface area (Å²) >= 11 is 0. The number of rotatable bonds is 7. The molecule has 0 amide bonds. The third-order valence-corrected chi connectivity index (χ3v) is 9.24. The predicted molar refractivity (Wildman–Crippen MR) is 148 cm³/mol. The molecule has 0 aliphatic carbocycles. The largest absolute Gasteiger partial charge is 0.257 e. The summed E-state index contributed by atoms with van der Waals surface area (Å²) in [6.45, 7) is 8.49. The lowest BCUT2D eigenvalue weighted by Gasteiger charge is -2.18. The smallest absolute Gasteiger partial charge is 0.248 e. The SMILES string of the molecule is C/C(=C\[P+](/N=N/Nc1c(C)cc(C)cc1C)(c1ccccc1)c1ccccc1)c1ccccc1. The fourth-order valence-corrected chi connectivity index (χ4v) is 7.30. The summed E-state index contributed by atoms with van der Waals surface area (Å²) < 4.78 is 0. The molecule has 0 aromatic heterocycles. The van der Waals surface area contributed by atoms with Crippen molar-refractivity contribution in [2.45, 2.75) is 27.7 Å². The monoisotopic (exact) mass is 464 g/mol. The van der Waals surface area contributed by atoms with E-state index in [1.54, 1.807) is 0 Å². The maximum atomic E-state index is 5.11. The lowest BCUT2D eigenvalue weighted by molar-refractivity contribution is 1.16. The van der Waals surface area contributed by atoms with Crippen LogP contribution >= 0.6 is 7.41 Å². The van der Waals surface area contributed by atoms with Gasteiger partial charge < -0.3 is 0 Å². The van der Waals surface area contributed by atoms with Crippen molar-refractivity contribution in [2.24, 2.45) is 10.1 Å². The quantitative estimate of drug-likeness (QED) is 0.168. The van der Waals surface area contributed by atoms with Crippen LogP contribution in [0.25, 0.3) is 5.57 Å². The van der Waals surface area contributed by atoms with Crippen molar-refractivity contribution in [3.8, 4) is 0 Å². The zero-order valence-corrected chi connectivity index (χ0v) is 21.1. The van der Waals surface area contributed by atoms with Gasteiger partial charge in [-0.1, -0.05) is 84.4 Å². The van der Waals surface area contributed by atoms with E-state index >= 15 is 0 Å². The third-order valence-electron chi connectivity index (χ3n) is 5.93. The molecule has 0 fully saturated rings. The number of hydrogen-bond donors (Lipinski definition) is 1. The Balaban J connectivity index is 1.87. The molecule has 0 heterocycles. The summed E-state index contributed by atoms with van der Waals surface area (Å²) in [5.41, 5.74) is 10.2. The van der Waals surface area contributed by atoms with Crippen LogP contribution in [0.5, 0.6) is 0 Å². The Morgan fingerprint density at radius 2 is 1.18 bits per heavy atom. The molecule has 0 atom stereocenters. The van der Waals surface area contributed by atoms with E-state index in [1.165, 1.54) is 27.3 Å². The van der Waals surface area contributed by atoms with E-state index in [-0.39, 0.29) is 0 Å². The molecule has 4 aromatic carbocycles. The topological polar surface area (TPSA) is 36.8 Å². The van der Waals surface area contributed by atoms with E-state index in [2.05, 4.69) is 129 Å². The molecule has 170 valence electrons. The number of benzene rings is 4. The molecule has 0 unspecified atom stereocenters. The van der Waals surface area contributed by atoms with Crippen molar-refractivity contribution in [3.05, 3.63) is 131 Å². The Bertz CT molecular complexity index is 1230. The molecule has 0 aliphatic heterocycles. The Kier molecular flexibility index (Phi) is 7.35. The maximum absolute atomic E-state index is 5.11. The van der Waals surface area contributed by atoms with Crippen molar-refractivity contribution < 1.29 is 0 Å². The summed E-state index contributed by atoms with van der Waals surface area (Å²) in [5, 5.41) is 6.98. The molecule has 0 radical (unpaired) electrons. The minimum atomic E-state index is -2.37. The van der Waals surface area contributed by atoms with Gasteiger partial charge in [-0.25, -0.2) is 0 Å². The van der Waals surface area contributed by atoms with E-state index in [4.69, 9.17) is 4.88 Å². The normalized spacial score (nSPS) is 12.2. The molecule has 0 aliphatic rings. The highest BCUT2D eigenvalue weighted by Gasteiger charge is 2.43. The lowest BCUT2D eigenvalue weighted by atomic mass is 10.1. The van der Waals surface area contributed by atoms with Crippen LogP contribution in [0.15, 0.2) is 119 Å². The Hall–Kier alpha value is -3.55. The van der Waals surface area contributed by atoms with E-state index < -0.39 is 7.41 Å². The molecule has 3 nitrogen and oxygen atoms in total. The molecule has 0 bridgehead atoms. The molecule has 4 rings (SSSR count). The van der Waals surface area contributed by atoms with Gasteiger partial charge in [0.1, 0.15) is 10.6 Å². The third kappa shape index (κ3) is 5.16. The average Bonchev–Trinajstić information content (AvgIpc) is 2.86. The van der Waals surface area contributed by atoms with Gasteiger partial charge in [-0.3, -0.25) is 5.43 Å². The minimum absolute atomic E-state index is 1.01. The minimum Gasteiger partial charge on any atom is -0.257 e. The Labute approximate surface area is 203 Å². The van der Waals surface area contributed by atoms with Gasteiger partial charge in [-0.15, -0.1) is 0 Å². The van der Waals surface area contributed by atoms with E-state index in [0.29, 0.717) is 0 Å². The first-order valence-corrected chi connectivity index (χ1v) is 13.3. The summed E-state index contributed by atoms with van der Waals surface area (Å²) in [5.74, 6) is 2.33. The van der Waals surface area contributed by atoms with Crippen molar-refractivity contribution in [3.63, 3.8) is 0 Å². The molecular formula is C30H31N3P+. The maximum Gasteiger partial charge on any atom is 0.248 e. The first kappa shape index (κ1) is 23.6. The highest BCUT2D eigenvalue weighted by Crippen LogP contribution is 2.61. The van der Waals surface area contributed by atoms with Gasteiger partial charge in [0.25, 0.3) is 0 Å². The summed E-state index contributed by atoms with van der Waals surface area (Å²) in [7, 11) is -2.37. The number of nitrogens with one attached hydrogen (secondary N) is 1. The van der Waals surface area contributed by atoms with Crippen LogP contribution in [0, 0.1) is 20.8 Å². The van der Waals surface area contributed by atoms with Crippen molar-refractivity contribution in [1.82, 2.24) is 0 Å². The van der Waals surface area contributed by atoms with Gasteiger partial charge in [0.05, 0.1) is 11.5 Å². The summed E-state index contributed by atoms with van der Waals surface area (Å²) in [6.07, 6.45) is 0. The van der Waals surface area contributed by atoms with Crippen LogP contribution in [0.3, 0.4) is 0 Å². The zero-order valence-electron chi connectivity index (χ0n) is 20.2. The molecule has 0 saturated heterocycles. The number of allylic oxidation sites excluding steroid dienone is 1. The zero-order chi connectivity index (χ0) is 24.0. The number of hydrogen-bond acceptors (Lipinski definition) is 2. The van der Waals surface area contributed by atoms with E-state index in [1.807, 2.05) is 18.2 Å². The summed E-state index contributed by atoms with van der Waals surface area (Å²) in [4.78, 5) is 5.11. The first-order chi connectivity index (χ1) is 16.5. The molecule has 34 heavy (non-hydrogen) atoms. The first-order valence-electron chi connectivity index (χ1n) is 11.5. The van der Waals surface area contributed by atoms with E-state index in [9.17, 15) is 0 Å². The second-order valence-electron chi connectivity index (χ2n) is 8.61. The number of aryl methyl sites for hydroxylation is 3. The number of anilines is 1. The van der Waals surface area contributed by atoms with Gasteiger partial charge in [0, 0.05) is 4.88 Å². The van der Waals surface area contributed by atoms with Crippen LogP contribution in [-0.4, -0.2) is 0 Å². The highest BCUT2D eigenvalue weighted by molar-refractivity contribution is 7.91. The fourth-order valence-electron chi connectivity index (χ4n) is 4.29. The summed E-state index contributed by atoms with van der Waals surface area (Å²) in [6, 6.07) is 35.9. The van der Waals surface area contributed by atoms with Gasteiger partial charge in [0.15, 0.2) is 0 Å². The lowest BCUT2D eigenvalue weighted by Crippen LogP contribution is -2.19. The Morgan fingerprint density at radius 1 is 0.706 bits per heavy atom. The fraction of sp³-hybridized carbons (Fsp3) is 0.133. The van der Waals surface area contributed by atoms with Crippen LogP contribution in [0.1, 0.15) is 29.2 Å². The Morgan fingerprint density at radius 3 is 1.68 bits per heavy atom. The molecule has 4 heteroatoms. The average molecular weight is 465 g/mol. The molecule has 0 saturated carbocycles. The molecule has 4 aromatic rings. The second-order valence-corrected chi connectivity index (χ2v) is 11.5. The van der Waals surface area contributed by atoms with Crippen LogP contribution < -0.4 is 16.0 Å². The highest BCUT2D eigenvalue weighted by atomic mass is 31.2. The molecular weight excluding hydrogens is 433 g/mol. The predicted octanol–water partition coefficient (Wildman–Crippen LogP) is 8.04. The van der Waals surface area contributed by atoms with Gasteiger partial charge in [-0.05, 0) is 79.4 Å². The van der Waals surface area contributed by atoms with Gasteiger partial charge in [0.2, 0.25) is 7.41 Å². The molecule has 0 spiro atoms. The second kappa shape index (κ2) is 10.6.